The first-order valence-electron chi connectivity index (χ1n) is 9.32. The van der Waals surface area contributed by atoms with Crippen molar-refractivity contribution in [2.24, 2.45) is 0 Å². The average molecular weight is 369 g/mol. The summed E-state index contributed by atoms with van der Waals surface area (Å²) in [6, 6.07) is 5.90. The number of aliphatic hydroxyl groups is 1. The fourth-order valence-electron chi connectivity index (χ4n) is 2.89. The first kappa shape index (κ1) is 19.0. The minimum Gasteiger partial charge on any atom is -0.391 e. The van der Waals surface area contributed by atoms with E-state index >= 15 is 0 Å². The lowest BCUT2D eigenvalue weighted by Crippen LogP contribution is -2.31. The standard InChI is InChI=1S/C19H27N7O/c1-5-15(13(4)27)23-19-24-17(21-10-14-8-6-7-9-20-14)16-18(25-19)26(11-22-16)12(2)3/h6-9,11-13,15,27H,5,10H2,1-4H3,(H2,21,23,24,25)/t13-,15-/m0/s1. The van der Waals surface area contributed by atoms with Crippen LogP contribution in [0.5, 0.6) is 0 Å². The normalized spacial score (nSPS) is 13.7. The second-order valence-electron chi connectivity index (χ2n) is 6.89. The Morgan fingerprint density at radius 3 is 2.59 bits per heavy atom. The molecule has 27 heavy (non-hydrogen) atoms. The summed E-state index contributed by atoms with van der Waals surface area (Å²) in [5.74, 6) is 1.12. The molecule has 2 atom stereocenters. The zero-order valence-electron chi connectivity index (χ0n) is 16.2. The molecule has 3 rings (SSSR count). The van der Waals surface area contributed by atoms with E-state index in [4.69, 9.17) is 0 Å². The molecule has 0 saturated heterocycles. The lowest BCUT2D eigenvalue weighted by Gasteiger charge is -2.20. The van der Waals surface area contributed by atoms with Gasteiger partial charge in [0.2, 0.25) is 5.95 Å². The van der Waals surface area contributed by atoms with Gasteiger partial charge in [0, 0.05) is 12.2 Å². The second kappa shape index (κ2) is 8.30. The molecule has 0 amide bonds. The van der Waals surface area contributed by atoms with E-state index in [2.05, 4.69) is 44.4 Å². The van der Waals surface area contributed by atoms with Gasteiger partial charge >= 0.3 is 0 Å². The Balaban J connectivity index is 1.96. The molecule has 0 aromatic carbocycles. The molecule has 0 aliphatic heterocycles. The Morgan fingerprint density at radius 2 is 1.96 bits per heavy atom. The number of nitrogens with one attached hydrogen (secondary N) is 2. The van der Waals surface area contributed by atoms with Crippen LogP contribution in [0.15, 0.2) is 30.7 Å². The molecule has 3 aromatic rings. The summed E-state index contributed by atoms with van der Waals surface area (Å²) in [6.45, 7) is 8.48. The van der Waals surface area contributed by atoms with Gasteiger partial charge in [-0.15, -0.1) is 0 Å². The fourth-order valence-corrected chi connectivity index (χ4v) is 2.89. The van der Waals surface area contributed by atoms with Crippen LogP contribution in [0.25, 0.3) is 11.2 Å². The molecule has 0 radical (unpaired) electrons. The third-order valence-corrected chi connectivity index (χ3v) is 4.48. The van der Waals surface area contributed by atoms with Crippen molar-refractivity contribution >= 4 is 22.9 Å². The molecular weight excluding hydrogens is 342 g/mol. The number of hydrogen-bond donors (Lipinski definition) is 3. The van der Waals surface area contributed by atoms with Crippen LogP contribution in [0.2, 0.25) is 0 Å². The summed E-state index contributed by atoms with van der Waals surface area (Å²) in [7, 11) is 0. The van der Waals surface area contributed by atoms with Gasteiger partial charge in [0.15, 0.2) is 17.0 Å². The predicted octanol–water partition coefficient (Wildman–Crippen LogP) is 2.99. The minimum absolute atomic E-state index is 0.124. The van der Waals surface area contributed by atoms with Gasteiger partial charge in [0.1, 0.15) is 0 Å². The molecule has 3 heterocycles. The number of hydrogen-bond acceptors (Lipinski definition) is 7. The van der Waals surface area contributed by atoms with Gasteiger partial charge in [0.05, 0.1) is 30.7 Å². The maximum Gasteiger partial charge on any atom is 0.227 e. The highest BCUT2D eigenvalue weighted by molar-refractivity contribution is 5.84. The Morgan fingerprint density at radius 1 is 1.15 bits per heavy atom. The molecule has 3 N–H and O–H groups in total. The van der Waals surface area contributed by atoms with Crippen LogP contribution in [0.4, 0.5) is 11.8 Å². The third kappa shape index (κ3) is 4.33. The van der Waals surface area contributed by atoms with E-state index in [0.29, 0.717) is 18.3 Å². The van der Waals surface area contributed by atoms with Gasteiger partial charge in [-0.2, -0.15) is 9.97 Å². The van der Waals surface area contributed by atoms with Crippen molar-refractivity contribution in [2.75, 3.05) is 10.6 Å². The van der Waals surface area contributed by atoms with Crippen LogP contribution in [0, 0.1) is 0 Å². The van der Waals surface area contributed by atoms with Crippen LogP contribution >= 0.6 is 0 Å². The van der Waals surface area contributed by atoms with Gasteiger partial charge < -0.3 is 20.3 Å². The summed E-state index contributed by atoms with van der Waals surface area (Å²) in [6.07, 6.45) is 3.81. The van der Waals surface area contributed by atoms with Crippen molar-refractivity contribution in [3.05, 3.63) is 36.4 Å². The predicted molar refractivity (Wildman–Crippen MR) is 107 cm³/mol. The summed E-state index contributed by atoms with van der Waals surface area (Å²) in [4.78, 5) is 18.1. The first-order chi connectivity index (χ1) is 13.0. The van der Waals surface area contributed by atoms with E-state index in [0.717, 1.165) is 23.3 Å². The topological polar surface area (TPSA) is 101 Å². The number of nitrogens with zero attached hydrogens (tertiary/aromatic N) is 5. The van der Waals surface area contributed by atoms with Crippen molar-refractivity contribution in [3.63, 3.8) is 0 Å². The number of fused-ring (bicyclic) bond motifs is 1. The molecular formula is C19H27N7O. The quantitative estimate of drug-likeness (QED) is 0.561. The Hall–Kier alpha value is -2.74. The Kier molecular flexibility index (Phi) is 5.85. The number of aromatic nitrogens is 5. The zero-order valence-corrected chi connectivity index (χ0v) is 16.2. The van der Waals surface area contributed by atoms with Crippen LogP contribution in [-0.4, -0.2) is 41.8 Å². The largest absolute Gasteiger partial charge is 0.391 e. The van der Waals surface area contributed by atoms with Gasteiger partial charge in [-0.1, -0.05) is 13.0 Å². The lowest BCUT2D eigenvalue weighted by molar-refractivity contribution is 0.169. The number of pyridine rings is 1. The molecule has 144 valence electrons. The molecule has 0 fully saturated rings. The SMILES string of the molecule is CC[C@H](Nc1nc(NCc2ccccn2)c2ncn(C(C)C)c2n1)[C@H](C)O. The highest BCUT2D eigenvalue weighted by Crippen LogP contribution is 2.24. The Bertz CT molecular complexity index is 876. The maximum atomic E-state index is 9.95. The molecule has 8 nitrogen and oxygen atoms in total. The molecule has 0 bridgehead atoms. The number of imidazole rings is 1. The number of anilines is 2. The molecule has 0 aliphatic rings. The van der Waals surface area contributed by atoms with E-state index in [1.807, 2.05) is 29.7 Å². The van der Waals surface area contributed by atoms with Crippen molar-refractivity contribution in [3.8, 4) is 0 Å². The molecule has 0 spiro atoms. The number of aliphatic hydroxyl groups excluding tert-OH is 1. The van der Waals surface area contributed by atoms with Gasteiger partial charge in [-0.3, -0.25) is 4.98 Å². The highest BCUT2D eigenvalue weighted by Gasteiger charge is 2.18. The van der Waals surface area contributed by atoms with E-state index in [9.17, 15) is 5.11 Å². The highest BCUT2D eigenvalue weighted by atomic mass is 16.3. The second-order valence-corrected chi connectivity index (χ2v) is 6.89. The molecule has 8 heteroatoms. The third-order valence-electron chi connectivity index (χ3n) is 4.48. The molecule has 0 aliphatic carbocycles. The molecule has 0 unspecified atom stereocenters. The minimum atomic E-state index is -0.505. The summed E-state index contributed by atoms with van der Waals surface area (Å²) >= 11 is 0. The summed E-state index contributed by atoms with van der Waals surface area (Å²) in [5, 5.41) is 16.5. The Labute approximate surface area is 159 Å². The average Bonchev–Trinajstić information content (AvgIpc) is 3.09. The summed E-state index contributed by atoms with van der Waals surface area (Å²) < 4.78 is 2.01. The van der Waals surface area contributed by atoms with Gasteiger partial charge in [-0.05, 0) is 39.3 Å². The molecule has 3 aromatic heterocycles. The van der Waals surface area contributed by atoms with E-state index in [1.54, 1.807) is 19.4 Å². The van der Waals surface area contributed by atoms with Crippen LogP contribution in [0.3, 0.4) is 0 Å². The van der Waals surface area contributed by atoms with Crippen LogP contribution < -0.4 is 10.6 Å². The van der Waals surface area contributed by atoms with Crippen molar-refractivity contribution in [1.29, 1.82) is 0 Å². The smallest absolute Gasteiger partial charge is 0.227 e. The number of rotatable bonds is 8. The maximum absolute atomic E-state index is 9.95. The van der Waals surface area contributed by atoms with Crippen molar-refractivity contribution in [2.45, 2.75) is 58.8 Å². The van der Waals surface area contributed by atoms with Crippen molar-refractivity contribution < 1.29 is 5.11 Å². The van der Waals surface area contributed by atoms with Gasteiger partial charge in [-0.25, -0.2) is 4.98 Å². The van der Waals surface area contributed by atoms with Gasteiger partial charge in [0.25, 0.3) is 0 Å². The zero-order chi connectivity index (χ0) is 19.4. The van der Waals surface area contributed by atoms with Crippen molar-refractivity contribution in [1.82, 2.24) is 24.5 Å². The summed E-state index contributed by atoms with van der Waals surface area (Å²) in [5.41, 5.74) is 2.39. The van der Waals surface area contributed by atoms with Crippen LogP contribution in [0.1, 0.15) is 45.9 Å². The van der Waals surface area contributed by atoms with Crippen LogP contribution in [-0.2, 0) is 6.54 Å². The fraction of sp³-hybridized carbons (Fsp3) is 0.474. The van der Waals surface area contributed by atoms with E-state index in [1.165, 1.54) is 0 Å². The van der Waals surface area contributed by atoms with E-state index < -0.39 is 6.10 Å². The lowest BCUT2D eigenvalue weighted by atomic mass is 10.1. The molecule has 0 saturated carbocycles. The van der Waals surface area contributed by atoms with E-state index in [-0.39, 0.29) is 12.1 Å². The monoisotopic (exact) mass is 369 g/mol. The first-order valence-corrected chi connectivity index (χ1v) is 9.32.